The summed E-state index contributed by atoms with van der Waals surface area (Å²) in [6.45, 7) is 4.75. The number of ether oxygens (including phenoxy) is 1. The molecule has 1 aromatic heterocycles. The summed E-state index contributed by atoms with van der Waals surface area (Å²) in [4.78, 5) is 25.3. The number of hydrogen-bond donors (Lipinski definition) is 1. The lowest BCUT2D eigenvalue weighted by Gasteiger charge is -2.30. The number of cyclic esters (lactones) is 1. The summed E-state index contributed by atoms with van der Waals surface area (Å²) in [7, 11) is 0. The Morgan fingerprint density at radius 3 is 2.70 bits per heavy atom. The van der Waals surface area contributed by atoms with Crippen molar-refractivity contribution in [3.05, 3.63) is 35.5 Å². The molecule has 1 saturated carbocycles. The first-order chi connectivity index (χ1) is 13.9. The lowest BCUT2D eigenvalue weighted by atomic mass is 9.75. The fourth-order valence-corrected chi connectivity index (χ4v) is 5.89. The number of halogens is 1. The predicted molar refractivity (Wildman–Crippen MR) is 119 cm³/mol. The predicted octanol–water partition coefficient (Wildman–Crippen LogP) is 4.60. The third-order valence-electron chi connectivity index (χ3n) is 7.21. The molecular weight excluding hydrogens is 400 g/mol. The second-order valence-electron chi connectivity index (χ2n) is 9.52. The molecule has 0 radical (unpaired) electrons. The van der Waals surface area contributed by atoms with Gasteiger partial charge >= 0.3 is 5.97 Å². The standard InChI is InChI=1S/C24H30N2O3.ClH/c1-24(2)26-19-9-8-15(12-17(19)14-20(26)23(28)29-24)13-21(27)22-18(10-11-25-22)16-6-4-3-5-7-16;/h8-9,12,14,16,18,22,25H,3-7,10-11,13H2,1-2H3;1H/t18-,22-;/m0./s1. The highest BCUT2D eigenvalue weighted by Gasteiger charge is 2.39. The van der Waals surface area contributed by atoms with Crippen molar-refractivity contribution in [3.63, 3.8) is 0 Å². The van der Waals surface area contributed by atoms with Crippen LogP contribution in [0.2, 0.25) is 0 Å². The van der Waals surface area contributed by atoms with Crippen LogP contribution in [0, 0.1) is 11.8 Å². The van der Waals surface area contributed by atoms with Crippen molar-refractivity contribution < 1.29 is 14.3 Å². The van der Waals surface area contributed by atoms with Crippen LogP contribution < -0.4 is 5.32 Å². The molecule has 0 amide bonds. The number of hydrogen-bond acceptors (Lipinski definition) is 4. The minimum atomic E-state index is -0.674. The van der Waals surface area contributed by atoms with Gasteiger partial charge in [-0.3, -0.25) is 9.36 Å². The average Bonchev–Trinajstić information content (AvgIpc) is 3.37. The molecule has 2 aliphatic heterocycles. The van der Waals surface area contributed by atoms with E-state index in [1.165, 1.54) is 32.1 Å². The number of ketones is 1. The van der Waals surface area contributed by atoms with Crippen molar-refractivity contribution in [2.75, 3.05) is 6.54 Å². The fraction of sp³-hybridized carbons (Fsp3) is 0.583. The average molecular weight is 431 g/mol. The van der Waals surface area contributed by atoms with Crippen molar-refractivity contribution in [3.8, 4) is 0 Å². The summed E-state index contributed by atoms with van der Waals surface area (Å²) in [5, 5.41) is 4.49. The van der Waals surface area contributed by atoms with E-state index < -0.39 is 5.72 Å². The van der Waals surface area contributed by atoms with Crippen LogP contribution in [0.25, 0.3) is 10.9 Å². The van der Waals surface area contributed by atoms with Gasteiger partial charge in [0.15, 0.2) is 11.5 Å². The minimum absolute atomic E-state index is 0. The van der Waals surface area contributed by atoms with Crippen LogP contribution >= 0.6 is 12.4 Å². The maximum Gasteiger partial charge on any atom is 0.357 e. The molecule has 5 rings (SSSR count). The molecule has 3 heterocycles. The summed E-state index contributed by atoms with van der Waals surface area (Å²) in [5.74, 6) is 1.23. The molecule has 3 aliphatic rings. The van der Waals surface area contributed by atoms with Gasteiger partial charge < -0.3 is 10.1 Å². The molecule has 2 fully saturated rings. The summed E-state index contributed by atoms with van der Waals surface area (Å²) in [5.41, 5.74) is 1.91. The third kappa shape index (κ3) is 3.56. The van der Waals surface area contributed by atoms with Crippen LogP contribution in [0.15, 0.2) is 24.3 Å². The molecule has 0 unspecified atom stereocenters. The number of aromatic nitrogens is 1. The number of nitrogens with zero attached hydrogens (tertiary/aromatic N) is 1. The van der Waals surface area contributed by atoms with E-state index in [1.807, 2.05) is 36.6 Å². The highest BCUT2D eigenvalue weighted by Crippen LogP contribution is 2.37. The zero-order chi connectivity index (χ0) is 20.2. The first-order valence-corrected chi connectivity index (χ1v) is 11.1. The molecule has 1 aromatic carbocycles. The van der Waals surface area contributed by atoms with Crippen LogP contribution in [0.5, 0.6) is 0 Å². The quantitative estimate of drug-likeness (QED) is 0.720. The van der Waals surface area contributed by atoms with Crippen molar-refractivity contribution in [1.82, 2.24) is 9.88 Å². The van der Waals surface area contributed by atoms with Crippen molar-refractivity contribution in [2.45, 2.75) is 70.6 Å². The normalized spacial score (nSPS) is 25.7. The molecule has 1 aliphatic carbocycles. The van der Waals surface area contributed by atoms with Gasteiger partial charge in [-0.15, -0.1) is 12.4 Å². The second kappa shape index (κ2) is 8.01. The van der Waals surface area contributed by atoms with E-state index >= 15 is 0 Å². The van der Waals surface area contributed by atoms with Gasteiger partial charge in [-0.2, -0.15) is 0 Å². The molecule has 30 heavy (non-hydrogen) atoms. The Labute approximate surface area is 183 Å². The van der Waals surface area contributed by atoms with Crippen LogP contribution in [0.3, 0.4) is 0 Å². The van der Waals surface area contributed by atoms with Gasteiger partial charge in [0.1, 0.15) is 5.69 Å². The maximum atomic E-state index is 13.2. The number of carbonyl (C=O) groups excluding carboxylic acids is 2. The van der Waals surface area contributed by atoms with Gasteiger partial charge in [0.25, 0.3) is 0 Å². The van der Waals surface area contributed by atoms with E-state index in [0.29, 0.717) is 29.7 Å². The first-order valence-electron chi connectivity index (χ1n) is 11.1. The Bertz CT molecular complexity index is 974. The number of Topliss-reactive ketones (excluding diaryl/α,β-unsaturated/α-hetero) is 1. The van der Waals surface area contributed by atoms with Crippen molar-refractivity contribution in [2.24, 2.45) is 11.8 Å². The lowest BCUT2D eigenvalue weighted by Crippen LogP contribution is -2.40. The fourth-order valence-electron chi connectivity index (χ4n) is 5.89. The molecular formula is C24H31ClN2O3. The van der Waals surface area contributed by atoms with E-state index in [0.717, 1.165) is 29.4 Å². The topological polar surface area (TPSA) is 60.3 Å². The Hall–Kier alpha value is -1.85. The largest absolute Gasteiger partial charge is 0.434 e. The van der Waals surface area contributed by atoms with E-state index in [9.17, 15) is 9.59 Å². The molecule has 6 heteroatoms. The number of carbonyl (C=O) groups is 2. The van der Waals surface area contributed by atoms with E-state index in [-0.39, 0.29) is 24.4 Å². The van der Waals surface area contributed by atoms with Gasteiger partial charge in [-0.05, 0) is 62.4 Å². The molecule has 0 spiro atoms. The smallest absolute Gasteiger partial charge is 0.357 e. The van der Waals surface area contributed by atoms with Crippen molar-refractivity contribution >= 4 is 35.1 Å². The molecule has 2 aromatic rings. The zero-order valence-electron chi connectivity index (χ0n) is 17.8. The molecule has 1 N–H and O–H groups in total. The molecule has 1 saturated heterocycles. The number of esters is 1. The van der Waals surface area contributed by atoms with E-state index in [4.69, 9.17) is 4.74 Å². The Morgan fingerprint density at radius 2 is 1.93 bits per heavy atom. The van der Waals surface area contributed by atoms with Gasteiger partial charge in [-0.1, -0.05) is 38.2 Å². The summed E-state index contributed by atoms with van der Waals surface area (Å²) in [6.07, 6.45) is 8.12. The Kier molecular flexibility index (Phi) is 5.71. The minimum Gasteiger partial charge on any atom is -0.434 e. The van der Waals surface area contributed by atoms with E-state index in [2.05, 4.69) is 11.4 Å². The van der Waals surface area contributed by atoms with Gasteiger partial charge in [0.05, 0.1) is 11.6 Å². The van der Waals surface area contributed by atoms with Crippen LogP contribution in [0.1, 0.15) is 68.4 Å². The summed E-state index contributed by atoms with van der Waals surface area (Å²) < 4.78 is 7.41. The lowest BCUT2D eigenvalue weighted by molar-refractivity contribution is -0.121. The van der Waals surface area contributed by atoms with Crippen LogP contribution in [-0.4, -0.2) is 28.9 Å². The summed E-state index contributed by atoms with van der Waals surface area (Å²) in [6, 6.07) is 8.00. The first kappa shape index (κ1) is 21.4. The van der Waals surface area contributed by atoms with Crippen LogP contribution in [0.4, 0.5) is 0 Å². The highest BCUT2D eigenvalue weighted by molar-refractivity contribution is 5.98. The Morgan fingerprint density at radius 1 is 1.17 bits per heavy atom. The number of rotatable bonds is 4. The molecule has 5 nitrogen and oxygen atoms in total. The van der Waals surface area contributed by atoms with Crippen molar-refractivity contribution in [1.29, 1.82) is 0 Å². The number of nitrogens with one attached hydrogen (secondary N) is 1. The highest BCUT2D eigenvalue weighted by atomic mass is 35.5. The van der Waals surface area contributed by atoms with Gasteiger partial charge in [0.2, 0.25) is 0 Å². The summed E-state index contributed by atoms with van der Waals surface area (Å²) >= 11 is 0. The second-order valence-corrected chi connectivity index (χ2v) is 9.52. The van der Waals surface area contributed by atoms with E-state index in [1.54, 1.807) is 0 Å². The number of fused-ring (bicyclic) bond motifs is 3. The SMILES string of the molecule is CC1(C)OC(=O)c2cc3cc(CC(=O)[C@H]4NCC[C@H]4C4CCCCC4)ccc3n21.Cl. The molecule has 0 bridgehead atoms. The molecule has 162 valence electrons. The maximum absolute atomic E-state index is 13.2. The zero-order valence-corrected chi connectivity index (χ0v) is 18.6. The van der Waals surface area contributed by atoms with Gasteiger partial charge in [-0.25, -0.2) is 4.79 Å². The monoisotopic (exact) mass is 430 g/mol. The number of benzene rings is 1. The Balaban J connectivity index is 0.00000218. The molecule has 2 atom stereocenters. The third-order valence-corrected chi connectivity index (χ3v) is 7.21. The van der Waals surface area contributed by atoms with Gasteiger partial charge in [0, 0.05) is 11.8 Å². The van der Waals surface area contributed by atoms with Crippen LogP contribution in [-0.2, 0) is 21.7 Å².